The van der Waals surface area contributed by atoms with Crippen molar-refractivity contribution in [2.24, 2.45) is 0 Å². The van der Waals surface area contributed by atoms with E-state index >= 15 is 0 Å². The zero-order valence-electron chi connectivity index (χ0n) is 12.8. The van der Waals surface area contributed by atoms with E-state index in [1.807, 2.05) is 31.2 Å². The summed E-state index contributed by atoms with van der Waals surface area (Å²) < 4.78 is 5.34. The molecule has 116 valence electrons. The lowest BCUT2D eigenvalue weighted by Crippen LogP contribution is -2.20. The molecule has 0 bridgehead atoms. The molecule has 0 aliphatic carbocycles. The molecule has 0 heterocycles. The zero-order valence-corrected chi connectivity index (χ0v) is 12.8. The van der Waals surface area contributed by atoms with Crippen molar-refractivity contribution >= 4 is 17.5 Å². The minimum absolute atomic E-state index is 0.0109. The second kappa shape index (κ2) is 9.80. The van der Waals surface area contributed by atoms with Gasteiger partial charge in [0, 0.05) is 25.6 Å². The van der Waals surface area contributed by atoms with E-state index in [0.29, 0.717) is 19.6 Å². The van der Waals surface area contributed by atoms with E-state index in [4.69, 9.17) is 4.74 Å². The van der Waals surface area contributed by atoms with Gasteiger partial charge in [-0.3, -0.25) is 9.59 Å². The molecule has 0 aliphatic heterocycles. The van der Waals surface area contributed by atoms with Crippen molar-refractivity contribution in [1.82, 2.24) is 5.32 Å². The average molecular weight is 292 g/mol. The first-order valence-electron chi connectivity index (χ1n) is 7.39. The van der Waals surface area contributed by atoms with Crippen LogP contribution in [0.3, 0.4) is 0 Å². The summed E-state index contributed by atoms with van der Waals surface area (Å²) in [6.07, 6.45) is 3.14. The maximum Gasteiger partial charge on any atom is 0.224 e. The van der Waals surface area contributed by atoms with E-state index < -0.39 is 0 Å². The van der Waals surface area contributed by atoms with Crippen LogP contribution in [0, 0.1) is 0 Å². The number of carbonyl (C=O) groups excluding carboxylic acids is 2. The Hall–Kier alpha value is -2.04. The van der Waals surface area contributed by atoms with E-state index in [1.165, 1.54) is 6.92 Å². The Morgan fingerprint density at radius 1 is 1.10 bits per heavy atom. The third-order valence-electron chi connectivity index (χ3n) is 2.90. The quantitative estimate of drug-likeness (QED) is 0.688. The lowest BCUT2D eigenvalue weighted by atomic mass is 10.2. The predicted molar refractivity (Wildman–Crippen MR) is 83.4 cm³/mol. The van der Waals surface area contributed by atoms with Crippen LogP contribution in [0.25, 0.3) is 0 Å². The number of amides is 2. The van der Waals surface area contributed by atoms with E-state index in [9.17, 15) is 9.59 Å². The van der Waals surface area contributed by atoms with Crippen molar-refractivity contribution in [1.29, 1.82) is 0 Å². The Balaban J connectivity index is 2.16. The molecule has 1 aromatic rings. The van der Waals surface area contributed by atoms with Gasteiger partial charge in [-0.1, -0.05) is 6.42 Å². The van der Waals surface area contributed by atoms with Crippen LogP contribution in [-0.4, -0.2) is 25.0 Å². The van der Waals surface area contributed by atoms with Crippen molar-refractivity contribution in [3.8, 4) is 5.75 Å². The SMILES string of the molecule is CCOc1ccc(NC(=O)CCCCCNC(C)=O)cc1. The minimum Gasteiger partial charge on any atom is -0.494 e. The molecule has 0 spiro atoms. The largest absolute Gasteiger partial charge is 0.494 e. The summed E-state index contributed by atoms with van der Waals surface area (Å²) in [4.78, 5) is 22.4. The first-order chi connectivity index (χ1) is 10.1. The second-order valence-corrected chi connectivity index (χ2v) is 4.80. The summed E-state index contributed by atoms with van der Waals surface area (Å²) in [6, 6.07) is 7.35. The van der Waals surface area contributed by atoms with Crippen LogP contribution in [0.1, 0.15) is 39.5 Å². The maximum atomic E-state index is 11.8. The Morgan fingerprint density at radius 3 is 2.43 bits per heavy atom. The number of ether oxygens (including phenoxy) is 1. The molecule has 0 unspecified atom stereocenters. The summed E-state index contributed by atoms with van der Waals surface area (Å²) in [5.74, 6) is 0.801. The van der Waals surface area contributed by atoms with Crippen LogP contribution >= 0.6 is 0 Å². The van der Waals surface area contributed by atoms with Gasteiger partial charge in [-0.15, -0.1) is 0 Å². The molecule has 5 nitrogen and oxygen atoms in total. The van der Waals surface area contributed by atoms with Crippen LogP contribution in [0.4, 0.5) is 5.69 Å². The van der Waals surface area contributed by atoms with Crippen LogP contribution in [0.15, 0.2) is 24.3 Å². The number of hydrogen-bond acceptors (Lipinski definition) is 3. The van der Waals surface area contributed by atoms with Gasteiger partial charge in [0.25, 0.3) is 0 Å². The van der Waals surface area contributed by atoms with E-state index in [0.717, 1.165) is 30.7 Å². The van der Waals surface area contributed by atoms with Gasteiger partial charge < -0.3 is 15.4 Å². The molecule has 0 saturated carbocycles. The van der Waals surface area contributed by atoms with Gasteiger partial charge in [0.15, 0.2) is 0 Å². The molecule has 1 aromatic carbocycles. The predicted octanol–water partition coefficient (Wildman–Crippen LogP) is 2.72. The highest BCUT2D eigenvalue weighted by Gasteiger charge is 2.02. The number of unbranched alkanes of at least 4 members (excludes halogenated alkanes) is 2. The fourth-order valence-corrected chi connectivity index (χ4v) is 1.88. The van der Waals surface area contributed by atoms with E-state index in [1.54, 1.807) is 0 Å². The Kier molecular flexibility index (Phi) is 7.94. The summed E-state index contributed by atoms with van der Waals surface area (Å²) in [6.45, 7) is 4.74. The second-order valence-electron chi connectivity index (χ2n) is 4.80. The number of carbonyl (C=O) groups is 2. The molecule has 2 amide bonds. The third-order valence-corrected chi connectivity index (χ3v) is 2.90. The van der Waals surface area contributed by atoms with Gasteiger partial charge in [0.05, 0.1) is 6.61 Å². The van der Waals surface area contributed by atoms with Gasteiger partial charge in [-0.25, -0.2) is 0 Å². The minimum atomic E-state index is -0.0109. The zero-order chi connectivity index (χ0) is 15.5. The van der Waals surface area contributed by atoms with Crippen molar-refractivity contribution in [3.63, 3.8) is 0 Å². The fourth-order valence-electron chi connectivity index (χ4n) is 1.88. The normalized spacial score (nSPS) is 10.0. The highest BCUT2D eigenvalue weighted by atomic mass is 16.5. The molecule has 0 saturated heterocycles. The number of nitrogens with one attached hydrogen (secondary N) is 2. The number of rotatable bonds is 9. The summed E-state index contributed by atoms with van der Waals surface area (Å²) in [7, 11) is 0. The molecule has 1 rings (SSSR count). The summed E-state index contributed by atoms with van der Waals surface area (Å²) >= 11 is 0. The first kappa shape index (κ1) is 17.0. The molecule has 0 aliphatic rings. The van der Waals surface area contributed by atoms with Gasteiger partial charge in [-0.05, 0) is 44.0 Å². The van der Waals surface area contributed by atoms with Crippen molar-refractivity contribution in [3.05, 3.63) is 24.3 Å². The lowest BCUT2D eigenvalue weighted by molar-refractivity contribution is -0.119. The molecule has 2 N–H and O–H groups in total. The van der Waals surface area contributed by atoms with Crippen LogP contribution in [0.5, 0.6) is 5.75 Å². The Morgan fingerprint density at radius 2 is 1.81 bits per heavy atom. The first-order valence-corrected chi connectivity index (χ1v) is 7.39. The monoisotopic (exact) mass is 292 g/mol. The fraction of sp³-hybridized carbons (Fsp3) is 0.500. The van der Waals surface area contributed by atoms with Gasteiger partial charge in [-0.2, -0.15) is 0 Å². The molecule has 0 aromatic heterocycles. The molecule has 0 radical (unpaired) electrons. The third kappa shape index (κ3) is 7.97. The van der Waals surface area contributed by atoms with Crippen molar-refractivity contribution in [2.45, 2.75) is 39.5 Å². The van der Waals surface area contributed by atoms with Crippen LogP contribution in [0.2, 0.25) is 0 Å². The standard InChI is InChI=1S/C16H24N2O3/c1-3-21-15-10-8-14(9-11-15)18-16(20)7-5-4-6-12-17-13(2)19/h8-11H,3-7,12H2,1-2H3,(H,17,19)(H,18,20). The molecule has 21 heavy (non-hydrogen) atoms. The number of benzene rings is 1. The van der Waals surface area contributed by atoms with Crippen LogP contribution in [-0.2, 0) is 9.59 Å². The van der Waals surface area contributed by atoms with Gasteiger partial charge >= 0.3 is 0 Å². The Labute approximate surface area is 126 Å². The van der Waals surface area contributed by atoms with Gasteiger partial charge in [0.2, 0.25) is 11.8 Å². The smallest absolute Gasteiger partial charge is 0.224 e. The molecule has 0 atom stereocenters. The highest BCUT2D eigenvalue weighted by Crippen LogP contribution is 2.16. The van der Waals surface area contributed by atoms with Crippen LogP contribution < -0.4 is 15.4 Å². The van der Waals surface area contributed by atoms with Gasteiger partial charge in [0.1, 0.15) is 5.75 Å². The molecule has 5 heteroatoms. The Bertz CT molecular complexity index is 443. The number of hydrogen-bond donors (Lipinski definition) is 2. The number of anilines is 1. The summed E-state index contributed by atoms with van der Waals surface area (Å²) in [5.41, 5.74) is 0.779. The average Bonchev–Trinajstić information content (AvgIpc) is 2.45. The van der Waals surface area contributed by atoms with Crippen molar-refractivity contribution in [2.75, 3.05) is 18.5 Å². The highest BCUT2D eigenvalue weighted by molar-refractivity contribution is 5.90. The van der Waals surface area contributed by atoms with E-state index in [-0.39, 0.29) is 11.8 Å². The molecular formula is C16H24N2O3. The van der Waals surface area contributed by atoms with Crippen molar-refractivity contribution < 1.29 is 14.3 Å². The molecular weight excluding hydrogens is 268 g/mol. The maximum absolute atomic E-state index is 11.8. The topological polar surface area (TPSA) is 67.4 Å². The summed E-state index contributed by atoms with van der Waals surface area (Å²) in [5, 5.41) is 5.59. The lowest BCUT2D eigenvalue weighted by Gasteiger charge is -2.07. The molecule has 0 fully saturated rings. The van der Waals surface area contributed by atoms with E-state index in [2.05, 4.69) is 10.6 Å².